The summed E-state index contributed by atoms with van der Waals surface area (Å²) in [5.74, 6) is 1.10. The van der Waals surface area contributed by atoms with E-state index in [2.05, 4.69) is 69.9 Å². The third-order valence-electron chi connectivity index (χ3n) is 8.86. The van der Waals surface area contributed by atoms with E-state index >= 15 is 0 Å². The van der Waals surface area contributed by atoms with Gasteiger partial charge in [-0.3, -0.25) is 9.69 Å². The minimum absolute atomic E-state index is 0.164. The van der Waals surface area contributed by atoms with Gasteiger partial charge in [0.15, 0.2) is 10.9 Å². The van der Waals surface area contributed by atoms with Gasteiger partial charge in [0.2, 0.25) is 0 Å². The fourth-order valence-electron chi connectivity index (χ4n) is 6.07. The molecule has 10 heteroatoms. The van der Waals surface area contributed by atoms with Crippen LogP contribution in [0.5, 0.6) is 0 Å². The summed E-state index contributed by atoms with van der Waals surface area (Å²) in [5, 5.41) is 5.27. The highest BCUT2D eigenvalue weighted by molar-refractivity contribution is 7.98. The van der Waals surface area contributed by atoms with Crippen LogP contribution >= 0.6 is 11.8 Å². The number of fused-ring (bicyclic) bond motifs is 1. The summed E-state index contributed by atoms with van der Waals surface area (Å²) >= 11 is 1.48. The predicted molar refractivity (Wildman–Crippen MR) is 186 cm³/mol. The van der Waals surface area contributed by atoms with E-state index in [4.69, 9.17) is 4.52 Å². The van der Waals surface area contributed by atoms with Gasteiger partial charge in [0, 0.05) is 42.1 Å². The Morgan fingerprint density at radius 2 is 1.54 bits per heavy atom. The zero-order chi connectivity index (χ0) is 33.6. The molecule has 6 rings (SSSR count). The van der Waals surface area contributed by atoms with Gasteiger partial charge in [-0.1, -0.05) is 77.6 Å². The van der Waals surface area contributed by atoms with Crippen LogP contribution in [0.4, 0.5) is 8.78 Å². The molecule has 0 atom stereocenters. The van der Waals surface area contributed by atoms with Crippen molar-refractivity contribution in [2.24, 2.45) is 0 Å². The quantitative estimate of drug-likeness (QED) is 0.0940. The largest absolute Gasteiger partial charge is 0.359 e. The Morgan fingerprint density at radius 1 is 0.875 bits per heavy atom. The van der Waals surface area contributed by atoms with Gasteiger partial charge in [-0.15, -0.1) is 0 Å². The number of hydrogen-bond donors (Lipinski definition) is 0. The summed E-state index contributed by atoms with van der Waals surface area (Å²) in [6.07, 6.45) is 3.07. The number of benzene rings is 3. The van der Waals surface area contributed by atoms with Crippen LogP contribution in [0, 0.1) is 5.82 Å². The second-order valence-electron chi connectivity index (χ2n) is 12.8. The third kappa shape index (κ3) is 8.11. The second kappa shape index (κ2) is 15.4. The van der Waals surface area contributed by atoms with Crippen molar-refractivity contribution in [3.8, 4) is 11.1 Å². The van der Waals surface area contributed by atoms with Gasteiger partial charge in [0.05, 0.1) is 13.1 Å². The van der Waals surface area contributed by atoms with Crippen molar-refractivity contribution < 1.29 is 13.3 Å². The van der Waals surface area contributed by atoms with E-state index in [1.54, 1.807) is 12.1 Å². The Morgan fingerprint density at radius 3 is 2.21 bits per heavy atom. The lowest BCUT2D eigenvalue weighted by atomic mass is 9.98. The molecule has 5 aromatic rings. The van der Waals surface area contributed by atoms with E-state index in [9.17, 15) is 13.6 Å². The SMILES string of the molecule is CN(C)CCN(C)Cc1onc(Cn2c(SCc3ccc(F)cc3)nc(=O)c3c2CCC3)c1Cc1ccc(-c2ccc(CF)cc2)cc1. The number of thioether (sulfide) groups is 1. The number of alkyl halides is 1. The van der Waals surface area contributed by atoms with E-state index in [1.807, 2.05) is 24.3 Å². The van der Waals surface area contributed by atoms with Gasteiger partial charge >= 0.3 is 0 Å². The monoisotopic (exact) mass is 669 g/mol. The second-order valence-corrected chi connectivity index (χ2v) is 13.7. The zero-order valence-corrected chi connectivity index (χ0v) is 28.5. The first-order valence-electron chi connectivity index (χ1n) is 16.3. The molecule has 48 heavy (non-hydrogen) atoms. The fraction of sp³-hybridized carbons (Fsp3) is 0.342. The molecule has 250 valence electrons. The van der Waals surface area contributed by atoms with Gasteiger partial charge in [-0.25, -0.2) is 8.78 Å². The molecule has 1 aliphatic rings. The molecule has 0 fully saturated rings. The minimum atomic E-state index is -0.473. The smallest absolute Gasteiger partial charge is 0.277 e. The first-order valence-corrected chi connectivity index (χ1v) is 17.3. The van der Waals surface area contributed by atoms with E-state index in [0.29, 0.717) is 36.0 Å². The van der Waals surface area contributed by atoms with Crippen LogP contribution in [-0.2, 0) is 44.8 Å². The molecule has 0 saturated heterocycles. The topological polar surface area (TPSA) is 67.4 Å². The molecule has 1 aliphatic carbocycles. The fourth-order valence-corrected chi connectivity index (χ4v) is 7.03. The number of halogens is 2. The molecular weight excluding hydrogens is 629 g/mol. The third-order valence-corrected chi connectivity index (χ3v) is 9.91. The van der Waals surface area contributed by atoms with Crippen molar-refractivity contribution in [3.63, 3.8) is 0 Å². The van der Waals surface area contributed by atoms with Crippen molar-refractivity contribution in [2.45, 2.75) is 56.4 Å². The molecule has 0 radical (unpaired) electrons. The summed E-state index contributed by atoms with van der Waals surface area (Å²) in [7, 11) is 6.21. The molecule has 0 aliphatic heterocycles. The molecule has 0 spiro atoms. The van der Waals surface area contributed by atoms with Crippen molar-refractivity contribution >= 4 is 11.8 Å². The van der Waals surface area contributed by atoms with Crippen molar-refractivity contribution in [2.75, 3.05) is 34.2 Å². The highest BCUT2D eigenvalue weighted by Crippen LogP contribution is 2.30. The van der Waals surface area contributed by atoms with E-state index in [1.165, 1.54) is 23.9 Å². The Bertz CT molecular complexity index is 1890. The minimum Gasteiger partial charge on any atom is -0.359 e. The maximum atomic E-state index is 13.5. The first kappa shape index (κ1) is 33.8. The molecule has 0 bridgehead atoms. The molecule has 3 aromatic carbocycles. The standard InChI is InChI=1S/C38H41F2N5O2S/c1-43(2)19-20-44(3)24-36-33(21-26-7-13-29(14-8-26)30-15-9-27(22-39)10-16-30)34(42-47-36)23-45-35-6-4-5-32(35)37(46)41-38(45)48-25-28-11-17-31(40)18-12-28/h7-18H,4-6,19-25H2,1-3H3. The molecule has 2 aromatic heterocycles. The van der Waals surface area contributed by atoms with Gasteiger partial charge in [-0.2, -0.15) is 4.98 Å². The average molecular weight is 670 g/mol. The van der Waals surface area contributed by atoms with E-state index in [-0.39, 0.29) is 11.4 Å². The number of hydrogen-bond acceptors (Lipinski definition) is 7. The molecule has 0 amide bonds. The zero-order valence-electron chi connectivity index (χ0n) is 27.7. The summed E-state index contributed by atoms with van der Waals surface area (Å²) in [6.45, 7) is 2.37. The summed E-state index contributed by atoms with van der Waals surface area (Å²) < 4.78 is 34.8. The van der Waals surface area contributed by atoms with Crippen LogP contribution in [-0.4, -0.2) is 58.7 Å². The Hall–Kier alpha value is -4.12. The molecule has 0 unspecified atom stereocenters. The Kier molecular flexibility index (Phi) is 10.8. The van der Waals surface area contributed by atoms with Crippen LogP contribution in [0.25, 0.3) is 11.1 Å². The highest BCUT2D eigenvalue weighted by atomic mass is 32.2. The Balaban J connectivity index is 1.31. The van der Waals surface area contributed by atoms with Crippen LogP contribution in [0.3, 0.4) is 0 Å². The lowest BCUT2D eigenvalue weighted by Crippen LogP contribution is -2.28. The van der Waals surface area contributed by atoms with Gasteiger partial charge < -0.3 is 14.0 Å². The van der Waals surface area contributed by atoms with Crippen LogP contribution in [0.1, 0.15) is 51.4 Å². The lowest BCUT2D eigenvalue weighted by molar-refractivity contribution is 0.244. The molecule has 2 heterocycles. The summed E-state index contributed by atoms with van der Waals surface area (Å²) in [6, 6.07) is 22.4. The molecular formula is C38H41F2N5O2S. The molecule has 0 saturated carbocycles. The van der Waals surface area contributed by atoms with Gasteiger partial charge in [0.25, 0.3) is 5.56 Å². The number of nitrogens with zero attached hydrogens (tertiary/aromatic N) is 5. The van der Waals surface area contributed by atoms with Crippen molar-refractivity contribution in [1.82, 2.24) is 24.5 Å². The summed E-state index contributed by atoms with van der Waals surface area (Å²) in [4.78, 5) is 22.0. The van der Waals surface area contributed by atoms with Gasteiger partial charge in [-0.05, 0) is 80.4 Å². The van der Waals surface area contributed by atoms with Crippen molar-refractivity contribution in [3.05, 3.63) is 134 Å². The number of rotatable bonds is 14. The van der Waals surface area contributed by atoms with Crippen LogP contribution < -0.4 is 5.56 Å². The normalized spacial score (nSPS) is 12.7. The van der Waals surface area contributed by atoms with Gasteiger partial charge in [0.1, 0.15) is 18.2 Å². The Labute approximate surface area is 284 Å². The highest BCUT2D eigenvalue weighted by Gasteiger charge is 2.25. The number of aromatic nitrogens is 3. The van der Waals surface area contributed by atoms with E-state index < -0.39 is 6.67 Å². The lowest BCUT2D eigenvalue weighted by Gasteiger charge is -2.19. The van der Waals surface area contributed by atoms with Crippen LogP contribution in [0.2, 0.25) is 0 Å². The molecule has 0 N–H and O–H groups in total. The maximum Gasteiger partial charge on any atom is 0.277 e. The number of likely N-dealkylation sites (N-methyl/N-ethyl adjacent to an activating group) is 2. The summed E-state index contributed by atoms with van der Waals surface area (Å²) in [5.41, 5.74) is 8.33. The molecule has 7 nitrogen and oxygen atoms in total. The van der Waals surface area contributed by atoms with Crippen LogP contribution in [0.15, 0.2) is 87.3 Å². The van der Waals surface area contributed by atoms with E-state index in [0.717, 1.165) is 82.9 Å². The maximum absolute atomic E-state index is 13.5. The first-order chi connectivity index (χ1) is 23.3. The average Bonchev–Trinajstić information content (AvgIpc) is 3.73. The predicted octanol–water partition coefficient (Wildman–Crippen LogP) is 6.92. The van der Waals surface area contributed by atoms with Crippen molar-refractivity contribution in [1.29, 1.82) is 0 Å².